The van der Waals surface area contributed by atoms with Crippen LogP contribution in [0.4, 0.5) is 5.13 Å². The number of aliphatic hydroxyl groups excluding tert-OH is 1. The second-order valence-electron chi connectivity index (χ2n) is 7.29. The van der Waals surface area contributed by atoms with E-state index in [1.54, 1.807) is 24.3 Å². The molecule has 1 unspecified atom stereocenters. The third-order valence-corrected chi connectivity index (χ3v) is 6.95. The standard InChI is InChI=1S/C23H14Cl2N2O4S/c1-11-4-7-15-17(9-11)32-23(26-15)27-19(12-5-6-13(24)14(25)10-12)18(21(29)22(27)30)20(28)16-3-2-8-31-16/h2-10,19,29H,1H3. The summed E-state index contributed by atoms with van der Waals surface area (Å²) >= 11 is 13.6. The van der Waals surface area contributed by atoms with Crippen LogP contribution in [0.15, 0.2) is 70.5 Å². The van der Waals surface area contributed by atoms with Gasteiger partial charge in [-0.05, 0) is 54.4 Å². The number of ketones is 1. The number of carbonyl (C=O) groups is 2. The van der Waals surface area contributed by atoms with Crippen molar-refractivity contribution < 1.29 is 19.1 Å². The highest BCUT2D eigenvalue weighted by Gasteiger charge is 2.46. The van der Waals surface area contributed by atoms with E-state index in [9.17, 15) is 14.7 Å². The van der Waals surface area contributed by atoms with E-state index in [-0.39, 0.29) is 16.4 Å². The van der Waals surface area contributed by atoms with Gasteiger partial charge >= 0.3 is 0 Å². The lowest BCUT2D eigenvalue weighted by atomic mass is 9.95. The minimum atomic E-state index is -0.962. The van der Waals surface area contributed by atoms with Crippen molar-refractivity contribution in [3.05, 3.63) is 93.1 Å². The number of thiazole rings is 1. The summed E-state index contributed by atoms with van der Waals surface area (Å²) in [6, 6.07) is 12.6. The van der Waals surface area contributed by atoms with Gasteiger partial charge in [-0.15, -0.1) is 0 Å². The lowest BCUT2D eigenvalue weighted by Gasteiger charge is -2.24. The first-order valence-corrected chi connectivity index (χ1v) is 11.1. The predicted octanol–water partition coefficient (Wildman–Crippen LogP) is 6.29. The summed E-state index contributed by atoms with van der Waals surface area (Å²) in [7, 11) is 0. The smallest absolute Gasteiger partial charge is 0.296 e. The molecule has 0 bridgehead atoms. The van der Waals surface area contributed by atoms with E-state index in [0.717, 1.165) is 10.3 Å². The number of aromatic nitrogens is 1. The van der Waals surface area contributed by atoms with Gasteiger partial charge in [-0.1, -0.05) is 46.7 Å². The fourth-order valence-corrected chi connectivity index (χ4v) is 5.09. The second-order valence-corrected chi connectivity index (χ2v) is 9.11. The van der Waals surface area contributed by atoms with Crippen LogP contribution in [0.1, 0.15) is 27.7 Å². The fourth-order valence-electron chi connectivity index (χ4n) is 3.70. The van der Waals surface area contributed by atoms with Gasteiger partial charge < -0.3 is 9.52 Å². The van der Waals surface area contributed by atoms with Gasteiger partial charge in [-0.2, -0.15) is 0 Å². The molecule has 6 nitrogen and oxygen atoms in total. The quantitative estimate of drug-likeness (QED) is 0.344. The SMILES string of the molecule is Cc1ccc2nc(N3C(=O)C(O)=C(C(=O)c4ccco4)C3c3ccc(Cl)c(Cl)c3)sc2c1. The molecule has 0 fully saturated rings. The van der Waals surface area contributed by atoms with Crippen LogP contribution in [-0.4, -0.2) is 21.8 Å². The number of hydrogen-bond donors (Lipinski definition) is 1. The number of hydrogen-bond acceptors (Lipinski definition) is 6. The summed E-state index contributed by atoms with van der Waals surface area (Å²) in [5.41, 5.74) is 2.15. The van der Waals surface area contributed by atoms with Crippen molar-refractivity contribution in [2.45, 2.75) is 13.0 Å². The molecule has 1 atom stereocenters. The van der Waals surface area contributed by atoms with Crippen molar-refractivity contribution in [1.82, 2.24) is 4.98 Å². The number of furan rings is 1. The van der Waals surface area contributed by atoms with Crippen LogP contribution >= 0.6 is 34.5 Å². The molecule has 1 amide bonds. The summed E-state index contributed by atoms with van der Waals surface area (Å²) < 4.78 is 6.12. The molecular formula is C23H14Cl2N2O4S. The molecule has 0 saturated carbocycles. The van der Waals surface area contributed by atoms with Crippen LogP contribution in [0.5, 0.6) is 0 Å². The zero-order chi connectivity index (χ0) is 22.6. The summed E-state index contributed by atoms with van der Waals surface area (Å²) in [4.78, 5) is 32.3. The van der Waals surface area contributed by atoms with Crippen molar-refractivity contribution in [1.29, 1.82) is 0 Å². The van der Waals surface area contributed by atoms with Gasteiger partial charge in [-0.25, -0.2) is 4.98 Å². The molecule has 0 saturated heterocycles. The Bertz CT molecular complexity index is 1430. The van der Waals surface area contributed by atoms with E-state index in [2.05, 4.69) is 4.98 Å². The zero-order valence-corrected chi connectivity index (χ0v) is 18.8. The first-order chi connectivity index (χ1) is 15.3. The Balaban J connectivity index is 1.70. The topological polar surface area (TPSA) is 83.6 Å². The molecule has 1 aliphatic heterocycles. The van der Waals surface area contributed by atoms with E-state index >= 15 is 0 Å². The highest BCUT2D eigenvalue weighted by molar-refractivity contribution is 7.22. The fraction of sp³-hybridized carbons (Fsp3) is 0.0870. The number of Topliss-reactive ketones (excluding diaryl/α,β-unsaturated/α-hetero) is 1. The number of rotatable bonds is 4. The zero-order valence-electron chi connectivity index (χ0n) is 16.5. The van der Waals surface area contributed by atoms with Crippen LogP contribution in [-0.2, 0) is 4.79 Å². The Morgan fingerprint density at radius 1 is 1.16 bits per heavy atom. The Morgan fingerprint density at radius 3 is 2.69 bits per heavy atom. The van der Waals surface area contributed by atoms with E-state index in [1.807, 2.05) is 25.1 Å². The lowest BCUT2D eigenvalue weighted by Crippen LogP contribution is -2.31. The van der Waals surface area contributed by atoms with Gasteiger partial charge in [0, 0.05) is 0 Å². The van der Waals surface area contributed by atoms with Crippen LogP contribution in [0.25, 0.3) is 10.2 Å². The summed E-state index contributed by atoms with van der Waals surface area (Å²) in [5.74, 6) is -1.98. The highest BCUT2D eigenvalue weighted by atomic mass is 35.5. The molecule has 0 aliphatic carbocycles. The average Bonchev–Trinajstić information content (AvgIpc) is 3.48. The number of aliphatic hydroxyl groups is 1. The van der Waals surface area contributed by atoms with Crippen molar-refractivity contribution in [3.63, 3.8) is 0 Å². The third kappa shape index (κ3) is 3.30. The van der Waals surface area contributed by atoms with Crippen LogP contribution in [0.3, 0.4) is 0 Å². The van der Waals surface area contributed by atoms with Crippen molar-refractivity contribution >= 4 is 61.6 Å². The Kier molecular flexibility index (Phi) is 5.04. The van der Waals surface area contributed by atoms with Crippen LogP contribution in [0, 0.1) is 6.92 Å². The molecule has 9 heteroatoms. The maximum atomic E-state index is 13.2. The molecule has 2 aromatic heterocycles. The minimum absolute atomic E-state index is 0.00573. The Labute approximate surface area is 196 Å². The average molecular weight is 485 g/mol. The van der Waals surface area contributed by atoms with Crippen molar-refractivity contribution in [3.8, 4) is 0 Å². The second kappa shape index (κ2) is 7.78. The molecule has 4 aromatic rings. The Morgan fingerprint density at radius 2 is 1.97 bits per heavy atom. The molecule has 3 heterocycles. The Hall–Kier alpha value is -3.13. The van der Waals surface area contributed by atoms with E-state index in [0.29, 0.717) is 21.2 Å². The molecule has 1 aliphatic rings. The maximum absolute atomic E-state index is 13.2. The van der Waals surface area contributed by atoms with Crippen molar-refractivity contribution in [2.75, 3.05) is 4.90 Å². The number of nitrogens with zero attached hydrogens (tertiary/aromatic N) is 2. The number of fused-ring (bicyclic) bond motifs is 1. The normalized spacial score (nSPS) is 16.4. The third-order valence-electron chi connectivity index (χ3n) is 5.20. The number of anilines is 1. The molecule has 0 spiro atoms. The predicted molar refractivity (Wildman–Crippen MR) is 124 cm³/mol. The highest BCUT2D eigenvalue weighted by Crippen LogP contribution is 2.45. The number of aryl methyl sites for hydroxylation is 1. The molecule has 0 radical (unpaired) electrons. The van der Waals surface area contributed by atoms with Gasteiger partial charge in [0.2, 0.25) is 5.78 Å². The number of halogens is 2. The van der Waals surface area contributed by atoms with Gasteiger partial charge in [-0.3, -0.25) is 14.5 Å². The molecule has 5 rings (SSSR count). The van der Waals surface area contributed by atoms with Crippen molar-refractivity contribution in [2.24, 2.45) is 0 Å². The largest absolute Gasteiger partial charge is 0.503 e. The maximum Gasteiger partial charge on any atom is 0.296 e. The van der Waals surface area contributed by atoms with Crippen LogP contribution in [0.2, 0.25) is 10.0 Å². The monoisotopic (exact) mass is 484 g/mol. The molecular weight excluding hydrogens is 471 g/mol. The van der Waals surface area contributed by atoms with Gasteiger partial charge in [0.05, 0.1) is 38.1 Å². The van der Waals surface area contributed by atoms with Crippen LogP contribution < -0.4 is 4.90 Å². The first kappa shape index (κ1) is 20.8. The van der Waals surface area contributed by atoms with Gasteiger partial charge in [0.15, 0.2) is 16.7 Å². The van der Waals surface area contributed by atoms with Gasteiger partial charge in [0.1, 0.15) is 0 Å². The molecule has 160 valence electrons. The van der Waals surface area contributed by atoms with E-state index in [4.69, 9.17) is 27.6 Å². The first-order valence-electron chi connectivity index (χ1n) is 9.52. The molecule has 32 heavy (non-hydrogen) atoms. The number of benzene rings is 2. The molecule has 1 N–H and O–H groups in total. The summed E-state index contributed by atoms with van der Waals surface area (Å²) in [6.45, 7) is 1.96. The minimum Gasteiger partial charge on any atom is -0.503 e. The number of amides is 1. The number of carbonyl (C=O) groups excluding carboxylic acids is 2. The summed E-state index contributed by atoms with van der Waals surface area (Å²) in [5, 5.41) is 11.7. The summed E-state index contributed by atoms with van der Waals surface area (Å²) in [6.07, 6.45) is 1.35. The van der Waals surface area contributed by atoms with E-state index in [1.165, 1.54) is 28.6 Å². The van der Waals surface area contributed by atoms with Gasteiger partial charge in [0.25, 0.3) is 5.91 Å². The van der Waals surface area contributed by atoms with E-state index < -0.39 is 23.5 Å². The lowest BCUT2D eigenvalue weighted by molar-refractivity contribution is -0.117. The molecule has 2 aromatic carbocycles.